The van der Waals surface area contributed by atoms with Crippen molar-refractivity contribution in [3.05, 3.63) is 28.3 Å². The van der Waals surface area contributed by atoms with Gasteiger partial charge in [0.05, 0.1) is 4.92 Å². The van der Waals surface area contributed by atoms with Crippen LogP contribution in [0.5, 0.6) is 0 Å². The monoisotopic (exact) mass is 315 g/mol. The van der Waals surface area contributed by atoms with E-state index in [4.69, 9.17) is 5.73 Å². The highest BCUT2D eigenvalue weighted by atomic mass is 32.2. The molecule has 0 saturated heterocycles. The van der Waals surface area contributed by atoms with E-state index < -0.39 is 31.9 Å². The molecule has 9 heteroatoms. The van der Waals surface area contributed by atoms with Crippen molar-refractivity contribution in [3.63, 3.8) is 0 Å². The molecule has 1 amide bonds. The first kappa shape index (κ1) is 16.9. The van der Waals surface area contributed by atoms with Gasteiger partial charge in [-0.15, -0.1) is 0 Å². The number of hydrogen-bond acceptors (Lipinski definition) is 6. The molecule has 0 aromatic heterocycles. The summed E-state index contributed by atoms with van der Waals surface area (Å²) in [7, 11) is -3.75. The predicted octanol–water partition coefficient (Wildman–Crippen LogP) is 1.06. The van der Waals surface area contributed by atoms with E-state index in [1.807, 2.05) is 0 Å². The molecule has 0 radical (unpaired) electrons. The molecule has 0 unspecified atom stereocenters. The number of amides is 1. The molecular formula is C12H17N3O5S. The molecular weight excluding hydrogens is 298 g/mol. The molecule has 3 N–H and O–H groups in total. The van der Waals surface area contributed by atoms with Crippen molar-refractivity contribution in [2.24, 2.45) is 5.73 Å². The summed E-state index contributed by atoms with van der Waals surface area (Å²) in [6, 6.07) is 3.95. The van der Waals surface area contributed by atoms with E-state index in [1.165, 1.54) is 18.2 Å². The van der Waals surface area contributed by atoms with Gasteiger partial charge >= 0.3 is 5.69 Å². The largest absolute Gasteiger partial charge is 0.374 e. The number of hydrogen-bond donors (Lipinski definition) is 2. The van der Waals surface area contributed by atoms with Crippen LogP contribution in [0.15, 0.2) is 23.1 Å². The van der Waals surface area contributed by atoms with Gasteiger partial charge in [-0.3, -0.25) is 14.9 Å². The maximum Gasteiger partial charge on any atom is 0.310 e. The summed E-state index contributed by atoms with van der Waals surface area (Å²) in [6.07, 6.45) is 0.834. The summed E-state index contributed by atoms with van der Waals surface area (Å²) in [5, 5.41) is 14.0. The number of nitro benzene ring substituents is 1. The van der Waals surface area contributed by atoms with E-state index >= 15 is 0 Å². The Bertz CT molecular complexity index is 682. The van der Waals surface area contributed by atoms with Gasteiger partial charge in [-0.05, 0) is 26.0 Å². The van der Waals surface area contributed by atoms with Crippen LogP contribution in [0.3, 0.4) is 0 Å². The van der Waals surface area contributed by atoms with Crippen LogP contribution in [-0.4, -0.2) is 31.0 Å². The van der Waals surface area contributed by atoms with Crippen LogP contribution in [-0.2, 0) is 14.6 Å². The minimum absolute atomic E-state index is 0.0224. The zero-order valence-electron chi connectivity index (χ0n) is 11.9. The molecule has 0 fully saturated rings. The van der Waals surface area contributed by atoms with Gasteiger partial charge in [0.25, 0.3) is 0 Å². The summed E-state index contributed by atoms with van der Waals surface area (Å²) in [4.78, 5) is 21.1. The standard InChI is InChI=1S/C12H17N3O5S/c1-12(2,7-10(13)16)14-8-5-4-6-9(21(3,19)20)11(8)15(17)18/h4-6,14H,7H2,1-3H3,(H2,13,16). The average molecular weight is 315 g/mol. The number of primary amides is 1. The lowest BCUT2D eigenvalue weighted by molar-refractivity contribution is -0.386. The first-order chi connectivity index (χ1) is 9.44. The lowest BCUT2D eigenvalue weighted by Gasteiger charge is -2.26. The smallest absolute Gasteiger partial charge is 0.310 e. The van der Waals surface area contributed by atoms with Crippen LogP contribution in [0.4, 0.5) is 11.4 Å². The second kappa shape index (κ2) is 5.68. The van der Waals surface area contributed by atoms with E-state index in [1.54, 1.807) is 13.8 Å². The highest BCUT2D eigenvalue weighted by molar-refractivity contribution is 7.90. The highest BCUT2D eigenvalue weighted by Gasteiger charge is 2.29. The Labute approximate surface area is 122 Å². The van der Waals surface area contributed by atoms with Crippen molar-refractivity contribution in [2.75, 3.05) is 11.6 Å². The fraction of sp³-hybridized carbons (Fsp3) is 0.417. The third-order valence-electron chi connectivity index (χ3n) is 2.67. The minimum atomic E-state index is -3.75. The number of nitrogens with two attached hydrogens (primary N) is 1. The van der Waals surface area contributed by atoms with E-state index in [0.717, 1.165) is 6.26 Å². The second-order valence-electron chi connectivity index (χ2n) is 5.33. The van der Waals surface area contributed by atoms with Crippen molar-refractivity contribution in [3.8, 4) is 0 Å². The number of anilines is 1. The predicted molar refractivity (Wildman–Crippen MR) is 77.7 cm³/mol. The average Bonchev–Trinajstić information content (AvgIpc) is 2.24. The van der Waals surface area contributed by atoms with Crippen molar-refractivity contribution in [1.82, 2.24) is 0 Å². The Balaban J connectivity index is 3.38. The summed E-state index contributed by atoms with van der Waals surface area (Å²) in [5.74, 6) is -0.575. The SMILES string of the molecule is CC(C)(CC(N)=O)Nc1cccc(S(C)(=O)=O)c1[N+](=O)[O-]. The Kier molecular flexibility index (Phi) is 4.57. The maximum absolute atomic E-state index is 11.6. The van der Waals surface area contributed by atoms with Gasteiger partial charge in [0.15, 0.2) is 9.84 Å². The molecule has 1 aromatic carbocycles. The number of nitro groups is 1. The summed E-state index contributed by atoms with van der Waals surface area (Å²) in [6.45, 7) is 3.27. The molecule has 0 spiro atoms. The topological polar surface area (TPSA) is 132 Å². The zero-order valence-corrected chi connectivity index (χ0v) is 12.7. The number of benzene rings is 1. The van der Waals surface area contributed by atoms with Gasteiger partial charge in [0, 0.05) is 18.2 Å². The van der Waals surface area contributed by atoms with Crippen molar-refractivity contribution in [2.45, 2.75) is 30.7 Å². The Hall–Kier alpha value is -2.16. The fourth-order valence-electron chi connectivity index (χ4n) is 1.96. The van der Waals surface area contributed by atoms with Gasteiger partial charge in [0.2, 0.25) is 5.91 Å². The quantitative estimate of drug-likeness (QED) is 0.596. The Morgan fingerprint density at radius 2 is 2.00 bits per heavy atom. The summed E-state index contributed by atoms with van der Waals surface area (Å²) in [5.41, 5.74) is 3.74. The van der Waals surface area contributed by atoms with Gasteiger partial charge in [-0.2, -0.15) is 0 Å². The van der Waals surface area contributed by atoms with Crippen LogP contribution < -0.4 is 11.1 Å². The number of nitrogens with zero attached hydrogens (tertiary/aromatic N) is 1. The van der Waals surface area contributed by atoms with E-state index in [2.05, 4.69) is 5.32 Å². The number of rotatable bonds is 6. The molecule has 0 aliphatic heterocycles. The van der Waals surface area contributed by atoms with Gasteiger partial charge < -0.3 is 11.1 Å². The molecule has 0 saturated carbocycles. The first-order valence-electron chi connectivity index (χ1n) is 5.98. The fourth-order valence-corrected chi connectivity index (χ4v) is 2.82. The second-order valence-corrected chi connectivity index (χ2v) is 7.32. The van der Waals surface area contributed by atoms with Crippen LogP contribution in [0.1, 0.15) is 20.3 Å². The van der Waals surface area contributed by atoms with Crippen LogP contribution in [0.2, 0.25) is 0 Å². The number of sulfone groups is 1. The maximum atomic E-state index is 11.6. The molecule has 0 atom stereocenters. The molecule has 1 rings (SSSR count). The van der Waals surface area contributed by atoms with E-state index in [-0.39, 0.29) is 17.0 Å². The van der Waals surface area contributed by atoms with Crippen molar-refractivity contribution < 1.29 is 18.1 Å². The Morgan fingerprint density at radius 1 is 1.43 bits per heavy atom. The van der Waals surface area contributed by atoms with E-state index in [0.29, 0.717) is 0 Å². The molecule has 0 bridgehead atoms. The van der Waals surface area contributed by atoms with Crippen molar-refractivity contribution in [1.29, 1.82) is 0 Å². The normalized spacial score (nSPS) is 12.0. The molecule has 21 heavy (non-hydrogen) atoms. The van der Waals surface area contributed by atoms with Gasteiger partial charge in [-0.1, -0.05) is 6.07 Å². The number of para-hydroxylation sites is 1. The third kappa shape index (κ3) is 4.42. The number of nitrogens with one attached hydrogen (secondary N) is 1. The van der Waals surface area contributed by atoms with Crippen LogP contribution >= 0.6 is 0 Å². The molecule has 0 aliphatic carbocycles. The first-order valence-corrected chi connectivity index (χ1v) is 7.87. The summed E-state index contributed by atoms with van der Waals surface area (Å²) >= 11 is 0. The highest BCUT2D eigenvalue weighted by Crippen LogP contribution is 2.34. The van der Waals surface area contributed by atoms with Crippen molar-refractivity contribution >= 4 is 27.1 Å². The molecule has 1 aromatic rings. The zero-order chi connectivity index (χ0) is 16.4. The molecule has 0 heterocycles. The van der Waals surface area contributed by atoms with E-state index in [9.17, 15) is 23.3 Å². The van der Waals surface area contributed by atoms with Gasteiger partial charge in [0.1, 0.15) is 10.6 Å². The van der Waals surface area contributed by atoms with Crippen LogP contribution in [0, 0.1) is 10.1 Å². The third-order valence-corrected chi connectivity index (χ3v) is 3.80. The summed E-state index contributed by atoms with van der Waals surface area (Å²) < 4.78 is 23.3. The van der Waals surface area contributed by atoms with Gasteiger partial charge in [-0.25, -0.2) is 8.42 Å². The molecule has 8 nitrogen and oxygen atoms in total. The molecule has 0 aliphatic rings. The lowest BCUT2D eigenvalue weighted by atomic mass is 9.99. The lowest BCUT2D eigenvalue weighted by Crippen LogP contribution is -2.36. The minimum Gasteiger partial charge on any atom is -0.374 e. The molecule has 116 valence electrons. The van der Waals surface area contributed by atoms with Crippen LogP contribution in [0.25, 0.3) is 0 Å². The Morgan fingerprint density at radius 3 is 2.43 bits per heavy atom. The number of carbonyl (C=O) groups is 1. The number of carbonyl (C=O) groups excluding carboxylic acids is 1.